The Morgan fingerprint density at radius 1 is 0.213 bits per heavy atom. The van der Waals surface area contributed by atoms with Crippen molar-refractivity contribution < 1.29 is 0 Å². The van der Waals surface area contributed by atoms with Crippen molar-refractivity contribution in [3.63, 3.8) is 0 Å². The van der Waals surface area contributed by atoms with Gasteiger partial charge in [0.2, 0.25) is 0 Å². The van der Waals surface area contributed by atoms with Gasteiger partial charge in [-0.05, 0) is 141 Å². The van der Waals surface area contributed by atoms with Gasteiger partial charge in [0.05, 0.1) is 27.6 Å². The van der Waals surface area contributed by atoms with E-state index in [1.165, 1.54) is 116 Å². The highest BCUT2D eigenvalue weighted by Gasteiger charge is 2.20. The third kappa shape index (κ3) is 7.12. The first-order chi connectivity index (χ1) is 37.2. The lowest BCUT2D eigenvalue weighted by Gasteiger charge is -2.26. The molecule has 0 aliphatic carbocycles. The molecular weight excluding hydrogens is 907 g/mol. The molecule has 3 heteroatoms. The van der Waals surface area contributed by atoms with Crippen molar-refractivity contribution in [3.05, 3.63) is 285 Å². The molecule has 0 atom stereocenters. The Balaban J connectivity index is 0.771. The molecule has 0 amide bonds. The summed E-state index contributed by atoms with van der Waals surface area (Å²) in [6, 6.07) is 104. The minimum absolute atomic E-state index is 1.10. The van der Waals surface area contributed by atoms with Crippen LogP contribution in [-0.2, 0) is 0 Å². The number of benzene rings is 12. The van der Waals surface area contributed by atoms with E-state index in [0.717, 1.165) is 22.6 Å². The molecular formula is C72H47N3. The van der Waals surface area contributed by atoms with Crippen LogP contribution in [-0.4, -0.2) is 8.97 Å². The summed E-state index contributed by atoms with van der Waals surface area (Å²) in [6.07, 6.45) is 0. The van der Waals surface area contributed by atoms with Gasteiger partial charge in [0.15, 0.2) is 0 Å². The second kappa shape index (κ2) is 17.4. The van der Waals surface area contributed by atoms with E-state index in [-0.39, 0.29) is 0 Å². The standard InChI is InChI=1S/C72H47N3/c1-4-14-48(15-5-1)50-30-37-59(38-31-50)73(60-39-32-51(33-40-60)49-16-6-2-7-17-49)61-21-12-18-54(44-61)52-26-28-53(29-27-52)57-34-41-63-64-23-13-24-65-67-46-56(36-43-70(67)75(72(64)65)71(63)47-57)55-35-42-69-66(45-55)62-22-10-11-25-68(62)74(69)58-19-8-3-9-20-58/h1-47H. The summed E-state index contributed by atoms with van der Waals surface area (Å²) in [7, 11) is 0. The van der Waals surface area contributed by atoms with Gasteiger partial charge in [-0.25, -0.2) is 0 Å². The van der Waals surface area contributed by atoms with Crippen LogP contribution in [0.15, 0.2) is 285 Å². The lowest BCUT2D eigenvalue weighted by Crippen LogP contribution is -2.10. The number of hydrogen-bond acceptors (Lipinski definition) is 1. The van der Waals surface area contributed by atoms with E-state index in [2.05, 4.69) is 299 Å². The molecule has 0 unspecified atom stereocenters. The number of hydrogen-bond donors (Lipinski definition) is 0. The lowest BCUT2D eigenvalue weighted by molar-refractivity contribution is 1.18. The van der Waals surface area contributed by atoms with E-state index in [9.17, 15) is 0 Å². The Hall–Kier alpha value is -9.96. The van der Waals surface area contributed by atoms with Crippen LogP contribution < -0.4 is 4.90 Å². The van der Waals surface area contributed by atoms with Crippen molar-refractivity contribution in [3.8, 4) is 61.3 Å². The van der Waals surface area contributed by atoms with Crippen LogP contribution in [0.5, 0.6) is 0 Å². The number of fused-ring (bicyclic) bond motifs is 9. The highest BCUT2D eigenvalue weighted by molar-refractivity contribution is 6.24. The van der Waals surface area contributed by atoms with Crippen LogP contribution in [0.25, 0.3) is 121 Å². The summed E-state index contributed by atoms with van der Waals surface area (Å²) in [5.41, 5.74) is 22.6. The molecule has 15 aromatic rings. The van der Waals surface area contributed by atoms with Crippen LogP contribution in [0.1, 0.15) is 0 Å². The second-order valence-electron chi connectivity index (χ2n) is 19.7. The highest BCUT2D eigenvalue weighted by Crippen LogP contribution is 2.44. The second-order valence-corrected chi connectivity index (χ2v) is 19.7. The number of aromatic nitrogens is 2. The van der Waals surface area contributed by atoms with Crippen LogP contribution >= 0.6 is 0 Å². The molecule has 0 saturated heterocycles. The predicted molar refractivity (Wildman–Crippen MR) is 317 cm³/mol. The largest absolute Gasteiger partial charge is 0.310 e. The van der Waals surface area contributed by atoms with E-state index in [4.69, 9.17) is 0 Å². The Morgan fingerprint density at radius 3 is 1.25 bits per heavy atom. The molecule has 0 bridgehead atoms. The summed E-state index contributed by atoms with van der Waals surface area (Å²) < 4.78 is 4.88. The average molecular weight is 954 g/mol. The van der Waals surface area contributed by atoms with Crippen LogP contribution in [0.2, 0.25) is 0 Å². The Kier molecular flexibility index (Phi) is 9.89. The summed E-state index contributed by atoms with van der Waals surface area (Å²) in [5.74, 6) is 0. The maximum absolute atomic E-state index is 2.50. The van der Waals surface area contributed by atoms with Crippen molar-refractivity contribution in [1.82, 2.24) is 8.97 Å². The van der Waals surface area contributed by atoms with Gasteiger partial charge in [-0.3, -0.25) is 0 Å². The van der Waals surface area contributed by atoms with Gasteiger partial charge in [0.1, 0.15) is 0 Å². The monoisotopic (exact) mass is 953 g/mol. The topological polar surface area (TPSA) is 12.6 Å². The Morgan fingerprint density at radius 2 is 0.613 bits per heavy atom. The molecule has 0 spiro atoms. The van der Waals surface area contributed by atoms with E-state index in [1.54, 1.807) is 0 Å². The van der Waals surface area contributed by atoms with Gasteiger partial charge in [-0.1, -0.05) is 200 Å². The molecule has 0 saturated carbocycles. The molecule has 15 rings (SSSR count). The molecule has 0 N–H and O–H groups in total. The molecule has 3 nitrogen and oxygen atoms in total. The molecule has 350 valence electrons. The van der Waals surface area contributed by atoms with Gasteiger partial charge < -0.3 is 13.9 Å². The summed E-state index contributed by atoms with van der Waals surface area (Å²) in [4.78, 5) is 2.36. The average Bonchev–Trinajstić information content (AvgIpc) is 4.14. The zero-order chi connectivity index (χ0) is 49.4. The molecule has 0 aliphatic heterocycles. The van der Waals surface area contributed by atoms with Crippen molar-refractivity contribution >= 4 is 77.0 Å². The van der Waals surface area contributed by atoms with Crippen LogP contribution in [0.4, 0.5) is 17.1 Å². The minimum atomic E-state index is 1.10. The number of anilines is 3. The first kappa shape index (κ1) is 42.7. The lowest BCUT2D eigenvalue weighted by atomic mass is 9.98. The first-order valence-corrected chi connectivity index (χ1v) is 25.8. The molecule has 12 aromatic carbocycles. The maximum Gasteiger partial charge on any atom is 0.0620 e. The molecule has 3 heterocycles. The number of nitrogens with zero attached hydrogens (tertiary/aromatic N) is 3. The maximum atomic E-state index is 2.50. The smallest absolute Gasteiger partial charge is 0.0620 e. The SMILES string of the molecule is c1ccc(-c2ccc(N(c3ccc(-c4ccccc4)cc3)c3cccc(-c4ccc(-c5ccc6c7cccc8c9cc(-c%10ccc%11c(c%10)c%10ccccc%10n%11-c%10ccccc%10)ccc9n(c6c5)c87)cc4)c3)cc2)cc1. The fourth-order valence-corrected chi connectivity index (χ4v) is 11.8. The fourth-order valence-electron chi connectivity index (χ4n) is 11.8. The number of rotatable bonds is 9. The van der Waals surface area contributed by atoms with Gasteiger partial charge in [0.25, 0.3) is 0 Å². The molecule has 0 aliphatic rings. The molecule has 0 radical (unpaired) electrons. The Bertz CT molecular complexity index is 4510. The Labute approximate surface area is 435 Å². The summed E-state index contributed by atoms with van der Waals surface area (Å²) in [6.45, 7) is 0. The van der Waals surface area contributed by atoms with E-state index < -0.39 is 0 Å². The van der Waals surface area contributed by atoms with E-state index >= 15 is 0 Å². The quantitative estimate of drug-likeness (QED) is 0.140. The molecule has 0 fully saturated rings. The van der Waals surface area contributed by atoms with E-state index in [1.807, 2.05) is 0 Å². The molecule has 75 heavy (non-hydrogen) atoms. The summed E-state index contributed by atoms with van der Waals surface area (Å²) >= 11 is 0. The normalized spacial score (nSPS) is 11.7. The van der Waals surface area contributed by atoms with Gasteiger partial charge in [0, 0.05) is 55.1 Å². The van der Waals surface area contributed by atoms with Crippen molar-refractivity contribution in [2.75, 3.05) is 4.90 Å². The van der Waals surface area contributed by atoms with Crippen LogP contribution in [0, 0.1) is 0 Å². The van der Waals surface area contributed by atoms with Crippen molar-refractivity contribution in [2.24, 2.45) is 0 Å². The van der Waals surface area contributed by atoms with Gasteiger partial charge >= 0.3 is 0 Å². The zero-order valence-corrected chi connectivity index (χ0v) is 41.0. The van der Waals surface area contributed by atoms with Gasteiger partial charge in [-0.15, -0.1) is 0 Å². The first-order valence-electron chi connectivity index (χ1n) is 25.8. The molecule has 3 aromatic heterocycles. The zero-order valence-electron chi connectivity index (χ0n) is 41.0. The predicted octanol–water partition coefficient (Wildman–Crippen LogP) is 19.7. The third-order valence-corrected chi connectivity index (χ3v) is 15.5. The van der Waals surface area contributed by atoms with Crippen LogP contribution in [0.3, 0.4) is 0 Å². The fraction of sp³-hybridized carbons (Fsp3) is 0. The summed E-state index contributed by atoms with van der Waals surface area (Å²) in [5, 5.41) is 7.62. The minimum Gasteiger partial charge on any atom is -0.310 e. The van der Waals surface area contributed by atoms with Crippen molar-refractivity contribution in [1.29, 1.82) is 0 Å². The third-order valence-electron chi connectivity index (χ3n) is 15.5. The van der Waals surface area contributed by atoms with Crippen molar-refractivity contribution in [2.45, 2.75) is 0 Å². The highest BCUT2D eigenvalue weighted by atomic mass is 15.1. The van der Waals surface area contributed by atoms with Gasteiger partial charge in [-0.2, -0.15) is 0 Å². The number of para-hydroxylation sites is 3. The van der Waals surface area contributed by atoms with E-state index in [0.29, 0.717) is 0 Å².